The van der Waals surface area contributed by atoms with Gasteiger partial charge in [-0.2, -0.15) is 39.5 Å². The SMILES string of the molecule is C[C@]12CCC3c4ccc(O)cc4CC(CCCCCCCCCC(CCCC(F)(F)C(F)(F)C(F)(F)C(F)(F)F)C(=O)O)C3C1CCC21CC1. The van der Waals surface area contributed by atoms with E-state index in [-0.39, 0.29) is 6.42 Å². The molecule has 0 amide bonds. The van der Waals surface area contributed by atoms with Gasteiger partial charge in [0.15, 0.2) is 0 Å². The summed E-state index contributed by atoms with van der Waals surface area (Å²) < 4.78 is 118. The number of carboxylic acids is 1. The highest BCUT2D eigenvalue weighted by Crippen LogP contribution is 2.76. The second kappa shape index (κ2) is 14.4. The van der Waals surface area contributed by atoms with Gasteiger partial charge in [-0.3, -0.25) is 4.79 Å². The molecule has 5 unspecified atom stereocenters. The summed E-state index contributed by atoms with van der Waals surface area (Å²) in [7, 11) is 0. The van der Waals surface area contributed by atoms with Crippen LogP contribution in [0.3, 0.4) is 0 Å². The number of unbranched alkanes of at least 4 members (excludes halogenated alkanes) is 6. The number of alkyl halides is 9. The summed E-state index contributed by atoms with van der Waals surface area (Å²) >= 11 is 0. The quantitative estimate of drug-likeness (QED) is 0.124. The van der Waals surface area contributed by atoms with Crippen LogP contribution in [0, 0.1) is 34.5 Å². The van der Waals surface area contributed by atoms with Gasteiger partial charge in [0, 0.05) is 6.42 Å². The van der Waals surface area contributed by atoms with Crippen LogP contribution in [0.4, 0.5) is 39.5 Å². The van der Waals surface area contributed by atoms with Crippen LogP contribution in [-0.2, 0) is 11.2 Å². The Hall–Kier alpha value is -2.14. The molecule has 4 aliphatic rings. The van der Waals surface area contributed by atoms with Gasteiger partial charge in [0.2, 0.25) is 0 Å². The van der Waals surface area contributed by atoms with Gasteiger partial charge in [0.25, 0.3) is 0 Å². The van der Waals surface area contributed by atoms with Crippen LogP contribution >= 0.6 is 0 Å². The first-order valence-corrected chi connectivity index (χ1v) is 18.5. The average Bonchev–Trinajstić information content (AvgIpc) is 3.77. The summed E-state index contributed by atoms with van der Waals surface area (Å²) in [6.45, 7) is 2.57. The number of carboxylic acid groups (broad SMARTS) is 1. The Morgan fingerprint density at radius 2 is 1.44 bits per heavy atom. The third kappa shape index (κ3) is 7.25. The first kappa shape index (κ1) is 39.1. The van der Waals surface area contributed by atoms with Crippen LogP contribution in [-0.4, -0.2) is 40.1 Å². The third-order valence-electron chi connectivity index (χ3n) is 13.5. The Morgan fingerprint density at radius 3 is 2.06 bits per heavy atom. The fourth-order valence-electron chi connectivity index (χ4n) is 10.5. The lowest BCUT2D eigenvalue weighted by atomic mass is 9.50. The molecule has 1 aromatic rings. The lowest BCUT2D eigenvalue weighted by Gasteiger charge is -2.54. The predicted molar refractivity (Wildman–Crippen MR) is 171 cm³/mol. The van der Waals surface area contributed by atoms with Crippen molar-refractivity contribution in [3.05, 3.63) is 29.3 Å². The standard InChI is InChI=1S/C38H51F9O3/c1-33-18-15-29-28-14-13-27(48)23-26(28)22-25(31(29)30(33)16-19-34(33)20-21-34)11-8-6-4-2-3-5-7-10-24(32(49)50)12-9-17-35(39,40)36(41,42)37(43,44)38(45,46)47/h13-14,23-25,29-31,48H,2-12,15-22H2,1H3,(H,49,50)/t24?,25?,29?,30?,31?,33-/m0/s1. The minimum absolute atomic E-state index is 0.0681. The van der Waals surface area contributed by atoms with E-state index in [4.69, 9.17) is 0 Å². The molecular formula is C38H51F9O3. The molecule has 0 saturated heterocycles. The van der Waals surface area contributed by atoms with E-state index < -0.39 is 55.1 Å². The van der Waals surface area contributed by atoms with Crippen molar-refractivity contribution in [1.82, 2.24) is 0 Å². The van der Waals surface area contributed by atoms with E-state index >= 15 is 0 Å². The number of aromatic hydroxyl groups is 1. The highest BCUT2D eigenvalue weighted by atomic mass is 19.4. The van der Waals surface area contributed by atoms with Gasteiger partial charge in [-0.1, -0.05) is 57.9 Å². The summed E-state index contributed by atoms with van der Waals surface area (Å²) in [6, 6.07) is 5.96. The van der Waals surface area contributed by atoms with Crippen molar-refractivity contribution in [1.29, 1.82) is 0 Å². The number of phenolic OH excluding ortho intramolecular Hbond substituents is 1. The molecule has 4 aliphatic carbocycles. The number of aliphatic carboxylic acids is 1. The topological polar surface area (TPSA) is 57.5 Å². The van der Waals surface area contributed by atoms with E-state index in [1.54, 1.807) is 0 Å². The lowest BCUT2D eigenvalue weighted by Crippen LogP contribution is -2.60. The van der Waals surface area contributed by atoms with Gasteiger partial charge in [-0.15, -0.1) is 0 Å². The number of hydrogen-bond donors (Lipinski definition) is 2. The van der Waals surface area contributed by atoms with E-state index in [0.29, 0.717) is 47.2 Å². The number of benzene rings is 1. The molecular weight excluding hydrogens is 675 g/mol. The molecule has 3 fully saturated rings. The molecule has 0 heterocycles. The van der Waals surface area contributed by atoms with Gasteiger partial charge in [-0.25, -0.2) is 0 Å². The van der Waals surface area contributed by atoms with E-state index in [1.807, 2.05) is 12.1 Å². The van der Waals surface area contributed by atoms with Crippen LogP contribution in [0.15, 0.2) is 18.2 Å². The van der Waals surface area contributed by atoms with Crippen molar-refractivity contribution < 1.29 is 54.5 Å². The van der Waals surface area contributed by atoms with Gasteiger partial charge in [-0.05, 0) is 128 Å². The third-order valence-corrected chi connectivity index (χ3v) is 13.5. The summed E-state index contributed by atoms with van der Waals surface area (Å²) in [5, 5.41) is 19.7. The normalized spacial score (nSPS) is 28.2. The van der Waals surface area contributed by atoms with Crippen LogP contribution in [0.2, 0.25) is 0 Å². The van der Waals surface area contributed by atoms with E-state index in [2.05, 4.69) is 13.0 Å². The first-order chi connectivity index (χ1) is 23.3. The van der Waals surface area contributed by atoms with Crippen molar-refractivity contribution in [3.8, 4) is 5.75 Å². The molecule has 6 atom stereocenters. The largest absolute Gasteiger partial charge is 0.508 e. The molecule has 0 bridgehead atoms. The first-order valence-electron chi connectivity index (χ1n) is 18.5. The van der Waals surface area contributed by atoms with E-state index in [1.165, 1.54) is 49.7 Å². The van der Waals surface area contributed by atoms with Crippen molar-refractivity contribution in [2.75, 3.05) is 0 Å². The second-order valence-corrected chi connectivity index (χ2v) is 16.2. The fourth-order valence-corrected chi connectivity index (χ4v) is 10.5. The maximum absolute atomic E-state index is 13.8. The van der Waals surface area contributed by atoms with Crippen LogP contribution in [0.5, 0.6) is 5.75 Å². The summed E-state index contributed by atoms with van der Waals surface area (Å²) in [5.74, 6) is -18.9. The van der Waals surface area contributed by atoms with Crippen molar-refractivity contribution in [3.63, 3.8) is 0 Å². The molecule has 284 valence electrons. The number of halogens is 9. The molecule has 3 nitrogen and oxygen atoms in total. The Morgan fingerprint density at radius 1 is 0.820 bits per heavy atom. The number of phenols is 1. The maximum Gasteiger partial charge on any atom is 0.460 e. The molecule has 0 aliphatic heterocycles. The minimum Gasteiger partial charge on any atom is -0.508 e. The zero-order valence-corrected chi connectivity index (χ0v) is 28.8. The highest BCUT2D eigenvalue weighted by Gasteiger charge is 2.81. The van der Waals surface area contributed by atoms with Gasteiger partial charge >= 0.3 is 29.9 Å². The number of hydrogen-bond acceptors (Lipinski definition) is 2. The van der Waals surface area contributed by atoms with Gasteiger partial charge in [0.1, 0.15) is 5.75 Å². The second-order valence-electron chi connectivity index (χ2n) is 16.2. The molecule has 12 heteroatoms. The number of carbonyl (C=O) groups is 1. The van der Waals surface area contributed by atoms with Gasteiger partial charge in [0.05, 0.1) is 5.92 Å². The highest BCUT2D eigenvalue weighted by molar-refractivity contribution is 5.69. The van der Waals surface area contributed by atoms with Crippen molar-refractivity contribution in [2.24, 2.45) is 34.5 Å². The molecule has 1 spiro atoms. The molecule has 50 heavy (non-hydrogen) atoms. The maximum atomic E-state index is 13.8. The Labute approximate surface area is 288 Å². The molecule has 0 aromatic heterocycles. The fraction of sp³-hybridized carbons (Fsp3) is 0.816. The monoisotopic (exact) mass is 726 g/mol. The zero-order chi connectivity index (χ0) is 36.8. The Balaban J connectivity index is 1.02. The van der Waals surface area contributed by atoms with E-state index in [0.717, 1.165) is 50.9 Å². The Bertz CT molecular complexity index is 1340. The summed E-state index contributed by atoms with van der Waals surface area (Å²) in [6.07, 6.45) is 5.90. The van der Waals surface area contributed by atoms with Crippen LogP contribution in [0.1, 0.15) is 140 Å². The van der Waals surface area contributed by atoms with Crippen molar-refractivity contribution >= 4 is 5.97 Å². The average molecular weight is 727 g/mol. The van der Waals surface area contributed by atoms with E-state index in [9.17, 15) is 54.5 Å². The smallest absolute Gasteiger partial charge is 0.460 e. The number of fused-ring (bicyclic) bond motifs is 6. The molecule has 2 N–H and O–H groups in total. The van der Waals surface area contributed by atoms with Crippen LogP contribution < -0.4 is 0 Å². The summed E-state index contributed by atoms with van der Waals surface area (Å²) in [5.41, 5.74) is 3.75. The van der Waals surface area contributed by atoms with Crippen LogP contribution in [0.25, 0.3) is 0 Å². The van der Waals surface area contributed by atoms with Crippen molar-refractivity contribution in [2.45, 2.75) is 159 Å². The molecule has 0 radical (unpaired) electrons. The Kier molecular flexibility index (Phi) is 11.2. The zero-order valence-electron chi connectivity index (χ0n) is 28.8. The predicted octanol–water partition coefficient (Wildman–Crippen LogP) is 12.1. The number of rotatable bonds is 17. The summed E-state index contributed by atoms with van der Waals surface area (Å²) in [4.78, 5) is 11.6. The minimum atomic E-state index is -6.93. The molecule has 5 rings (SSSR count). The molecule has 3 saturated carbocycles. The van der Waals surface area contributed by atoms with Gasteiger partial charge < -0.3 is 10.2 Å². The lowest BCUT2D eigenvalue weighted by molar-refractivity contribution is -0.396. The molecule has 1 aromatic carbocycles.